The minimum atomic E-state index is -3.35. The van der Waals surface area contributed by atoms with E-state index in [0.717, 1.165) is 42.8 Å². The highest BCUT2D eigenvalue weighted by Crippen LogP contribution is 2.28. The first-order chi connectivity index (χ1) is 12.0. The third-order valence-corrected chi connectivity index (χ3v) is 7.81. The number of hydrogen-bond donors (Lipinski definition) is 2. The molecule has 6 nitrogen and oxygen atoms in total. The number of rotatable bonds is 10. The Morgan fingerprint density at radius 3 is 2.56 bits per heavy atom. The normalized spacial score (nSPS) is 15.6. The summed E-state index contributed by atoms with van der Waals surface area (Å²) >= 11 is 1.36. The van der Waals surface area contributed by atoms with Gasteiger partial charge in [-0.3, -0.25) is 4.99 Å². The van der Waals surface area contributed by atoms with Crippen molar-refractivity contribution >= 4 is 27.3 Å². The molecule has 0 bridgehead atoms. The van der Waals surface area contributed by atoms with Crippen molar-refractivity contribution < 1.29 is 8.42 Å². The van der Waals surface area contributed by atoms with E-state index in [0.29, 0.717) is 17.3 Å². The van der Waals surface area contributed by atoms with Gasteiger partial charge in [-0.05, 0) is 44.2 Å². The van der Waals surface area contributed by atoms with Crippen LogP contribution in [-0.4, -0.2) is 51.4 Å². The van der Waals surface area contributed by atoms with Crippen LogP contribution in [0.4, 0.5) is 0 Å². The molecule has 2 rings (SSSR count). The van der Waals surface area contributed by atoms with Crippen LogP contribution in [0.2, 0.25) is 0 Å². The van der Waals surface area contributed by atoms with Gasteiger partial charge in [0, 0.05) is 37.6 Å². The summed E-state index contributed by atoms with van der Waals surface area (Å²) in [4.78, 5) is 5.66. The molecular weight excluding hydrogens is 356 g/mol. The summed E-state index contributed by atoms with van der Waals surface area (Å²) in [6.07, 6.45) is 3.37. The second-order valence-electron chi connectivity index (χ2n) is 6.15. The Kier molecular flexibility index (Phi) is 7.71. The van der Waals surface area contributed by atoms with Crippen molar-refractivity contribution in [1.82, 2.24) is 14.9 Å². The van der Waals surface area contributed by atoms with Crippen molar-refractivity contribution in [2.75, 3.05) is 32.7 Å². The Morgan fingerprint density at radius 2 is 1.96 bits per heavy atom. The topological polar surface area (TPSA) is 73.8 Å². The van der Waals surface area contributed by atoms with Crippen LogP contribution < -0.4 is 10.6 Å². The molecule has 0 spiro atoms. The van der Waals surface area contributed by atoms with Crippen LogP contribution in [0.15, 0.2) is 21.3 Å². The summed E-state index contributed by atoms with van der Waals surface area (Å²) in [5.41, 5.74) is 0. The smallest absolute Gasteiger partial charge is 0.252 e. The van der Waals surface area contributed by atoms with Gasteiger partial charge in [0.25, 0.3) is 10.0 Å². The molecule has 1 heterocycles. The second kappa shape index (κ2) is 9.54. The summed E-state index contributed by atoms with van der Waals surface area (Å²) in [6.45, 7) is 9.24. The third-order valence-electron chi connectivity index (χ3n) is 4.15. The first kappa shape index (κ1) is 20.2. The molecule has 1 aliphatic rings. The summed E-state index contributed by atoms with van der Waals surface area (Å²) in [6, 6.07) is 3.64. The van der Waals surface area contributed by atoms with Gasteiger partial charge in [0.05, 0.1) is 0 Å². The minimum absolute atomic E-state index is 0.431. The van der Waals surface area contributed by atoms with Crippen LogP contribution in [0.25, 0.3) is 0 Å². The van der Waals surface area contributed by atoms with Crippen LogP contribution >= 0.6 is 11.3 Å². The molecule has 0 radical (unpaired) electrons. The maximum absolute atomic E-state index is 12.5. The molecule has 0 saturated heterocycles. The molecule has 1 aliphatic carbocycles. The lowest BCUT2D eigenvalue weighted by Crippen LogP contribution is -2.38. The summed E-state index contributed by atoms with van der Waals surface area (Å²) < 4.78 is 27.0. The molecule has 0 amide bonds. The number of nitrogens with one attached hydrogen (secondary N) is 2. The van der Waals surface area contributed by atoms with Crippen LogP contribution in [0, 0.1) is 5.92 Å². The quantitative estimate of drug-likeness (QED) is 0.478. The van der Waals surface area contributed by atoms with E-state index in [-0.39, 0.29) is 0 Å². The maximum Gasteiger partial charge on any atom is 0.252 e. The molecule has 0 unspecified atom stereocenters. The van der Waals surface area contributed by atoms with Crippen LogP contribution in [-0.2, 0) is 16.4 Å². The fourth-order valence-corrected chi connectivity index (χ4v) is 5.46. The largest absolute Gasteiger partial charge is 0.357 e. The molecule has 25 heavy (non-hydrogen) atoms. The highest BCUT2D eigenvalue weighted by molar-refractivity contribution is 7.91. The molecule has 0 aliphatic heterocycles. The molecule has 2 N–H and O–H groups in total. The standard InChI is InChI=1S/C17H30N4O2S2/c1-4-18-17(20-13-14-7-8-14)19-12-11-15-9-10-16(24-15)25(22,23)21(5-2)6-3/h9-10,14H,4-8,11-13H2,1-3H3,(H2,18,19,20). The van der Waals surface area contributed by atoms with E-state index in [1.807, 2.05) is 19.9 Å². The van der Waals surface area contributed by atoms with E-state index < -0.39 is 10.0 Å². The third kappa shape index (κ3) is 5.97. The average Bonchev–Trinajstić information content (AvgIpc) is 3.29. The zero-order chi connectivity index (χ0) is 18.3. The Bertz CT molecular complexity index is 662. The van der Waals surface area contributed by atoms with Crippen molar-refractivity contribution in [1.29, 1.82) is 0 Å². The number of guanidine groups is 1. The molecular formula is C17H30N4O2S2. The van der Waals surface area contributed by atoms with Gasteiger partial charge in [-0.25, -0.2) is 8.42 Å². The summed E-state index contributed by atoms with van der Waals surface area (Å²) in [5, 5.41) is 6.58. The zero-order valence-electron chi connectivity index (χ0n) is 15.4. The van der Waals surface area contributed by atoms with Crippen LogP contribution in [0.5, 0.6) is 0 Å². The Morgan fingerprint density at radius 1 is 1.24 bits per heavy atom. The van der Waals surface area contributed by atoms with Gasteiger partial charge in [0.2, 0.25) is 0 Å². The number of thiophene rings is 1. The SMILES string of the molecule is CCNC(=NCC1CC1)NCCc1ccc(S(=O)(=O)N(CC)CC)s1. The molecule has 0 atom stereocenters. The summed E-state index contributed by atoms with van der Waals surface area (Å²) in [7, 11) is -3.35. The lowest BCUT2D eigenvalue weighted by Gasteiger charge is -2.16. The minimum Gasteiger partial charge on any atom is -0.357 e. The summed E-state index contributed by atoms with van der Waals surface area (Å²) in [5.74, 6) is 1.61. The van der Waals surface area contributed by atoms with E-state index in [2.05, 4.69) is 22.5 Å². The van der Waals surface area contributed by atoms with Crippen molar-refractivity contribution in [2.45, 2.75) is 44.2 Å². The Balaban J connectivity index is 1.88. The Labute approximate surface area is 155 Å². The lowest BCUT2D eigenvalue weighted by atomic mass is 10.3. The predicted molar refractivity (Wildman–Crippen MR) is 105 cm³/mol. The van der Waals surface area contributed by atoms with Crippen molar-refractivity contribution in [2.24, 2.45) is 10.9 Å². The van der Waals surface area contributed by atoms with Gasteiger partial charge in [-0.1, -0.05) is 13.8 Å². The van der Waals surface area contributed by atoms with E-state index in [9.17, 15) is 8.42 Å². The first-order valence-electron chi connectivity index (χ1n) is 9.12. The van der Waals surface area contributed by atoms with Gasteiger partial charge in [0.15, 0.2) is 5.96 Å². The average molecular weight is 387 g/mol. The fraction of sp³-hybridized carbons (Fsp3) is 0.706. The number of nitrogens with zero attached hydrogens (tertiary/aromatic N) is 2. The highest BCUT2D eigenvalue weighted by atomic mass is 32.2. The van der Waals surface area contributed by atoms with E-state index in [4.69, 9.17) is 0 Å². The van der Waals surface area contributed by atoms with Crippen molar-refractivity contribution in [3.63, 3.8) is 0 Å². The van der Waals surface area contributed by atoms with E-state index in [1.54, 1.807) is 6.07 Å². The lowest BCUT2D eigenvalue weighted by molar-refractivity contribution is 0.447. The zero-order valence-corrected chi connectivity index (χ0v) is 17.0. The monoisotopic (exact) mass is 386 g/mol. The molecule has 1 aromatic heterocycles. The molecule has 1 fully saturated rings. The van der Waals surface area contributed by atoms with Crippen LogP contribution in [0.1, 0.15) is 38.5 Å². The first-order valence-corrected chi connectivity index (χ1v) is 11.4. The number of aliphatic imine (C=N–C) groups is 1. The van der Waals surface area contributed by atoms with Gasteiger partial charge >= 0.3 is 0 Å². The molecule has 0 aromatic carbocycles. The molecule has 1 aromatic rings. The highest BCUT2D eigenvalue weighted by Gasteiger charge is 2.23. The molecule has 142 valence electrons. The molecule has 1 saturated carbocycles. The Hall–Kier alpha value is -1.12. The van der Waals surface area contributed by atoms with Gasteiger partial charge in [-0.2, -0.15) is 4.31 Å². The van der Waals surface area contributed by atoms with Crippen LogP contribution in [0.3, 0.4) is 0 Å². The fourth-order valence-electron chi connectivity index (χ4n) is 2.49. The van der Waals surface area contributed by atoms with Crippen molar-refractivity contribution in [3.8, 4) is 0 Å². The second-order valence-corrected chi connectivity index (χ2v) is 9.48. The predicted octanol–water partition coefficient (Wildman–Crippen LogP) is 2.29. The van der Waals surface area contributed by atoms with Gasteiger partial charge < -0.3 is 10.6 Å². The molecule has 8 heteroatoms. The number of sulfonamides is 1. The van der Waals surface area contributed by atoms with Crippen molar-refractivity contribution in [3.05, 3.63) is 17.0 Å². The number of hydrogen-bond acceptors (Lipinski definition) is 4. The van der Waals surface area contributed by atoms with Gasteiger partial charge in [0.1, 0.15) is 4.21 Å². The maximum atomic E-state index is 12.5. The van der Waals surface area contributed by atoms with E-state index in [1.165, 1.54) is 28.5 Å². The van der Waals surface area contributed by atoms with E-state index >= 15 is 0 Å². The van der Waals surface area contributed by atoms with Gasteiger partial charge in [-0.15, -0.1) is 11.3 Å².